The standard InChI is InChI=1S/C11H20N2O2/c1-3-10(14)7-13-6-9(11(12)15)5-4-8(13)2/h8-9H,3-7H2,1-2H3,(H2,12,15). The average molecular weight is 212 g/mol. The predicted octanol–water partition coefficient (Wildman–Crippen LogP) is 0.551. The molecular formula is C11H20N2O2. The van der Waals surface area contributed by atoms with Crippen molar-refractivity contribution in [3.05, 3.63) is 0 Å². The van der Waals surface area contributed by atoms with Crippen LogP contribution in [0.4, 0.5) is 0 Å². The van der Waals surface area contributed by atoms with E-state index in [4.69, 9.17) is 5.73 Å². The molecule has 1 aliphatic rings. The fraction of sp³-hybridized carbons (Fsp3) is 0.818. The van der Waals surface area contributed by atoms with Crippen LogP contribution in [0.15, 0.2) is 0 Å². The Bertz CT molecular complexity index is 253. The Kier molecular flexibility index (Phi) is 4.27. The smallest absolute Gasteiger partial charge is 0.221 e. The van der Waals surface area contributed by atoms with Gasteiger partial charge in [0.05, 0.1) is 12.5 Å². The highest BCUT2D eigenvalue weighted by Crippen LogP contribution is 2.21. The van der Waals surface area contributed by atoms with Gasteiger partial charge in [0.15, 0.2) is 0 Å². The second kappa shape index (κ2) is 5.26. The van der Waals surface area contributed by atoms with Crippen molar-refractivity contribution in [1.82, 2.24) is 4.90 Å². The number of likely N-dealkylation sites (tertiary alicyclic amines) is 1. The van der Waals surface area contributed by atoms with Crippen LogP contribution in [-0.2, 0) is 9.59 Å². The number of hydrogen-bond donors (Lipinski definition) is 1. The Morgan fingerprint density at radius 1 is 1.40 bits per heavy atom. The summed E-state index contributed by atoms with van der Waals surface area (Å²) in [4.78, 5) is 24.5. The molecule has 0 bridgehead atoms. The van der Waals surface area contributed by atoms with Crippen LogP contribution in [0.3, 0.4) is 0 Å². The van der Waals surface area contributed by atoms with Gasteiger partial charge in [0.2, 0.25) is 5.91 Å². The van der Waals surface area contributed by atoms with Gasteiger partial charge in [-0.15, -0.1) is 0 Å². The summed E-state index contributed by atoms with van der Waals surface area (Å²) in [6.45, 7) is 5.06. The Morgan fingerprint density at radius 2 is 2.07 bits per heavy atom. The quantitative estimate of drug-likeness (QED) is 0.740. The van der Waals surface area contributed by atoms with Gasteiger partial charge in [-0.1, -0.05) is 6.92 Å². The fourth-order valence-electron chi connectivity index (χ4n) is 1.97. The third-order valence-corrected chi connectivity index (χ3v) is 3.19. The predicted molar refractivity (Wildman–Crippen MR) is 58.3 cm³/mol. The topological polar surface area (TPSA) is 63.4 Å². The van der Waals surface area contributed by atoms with E-state index in [9.17, 15) is 9.59 Å². The highest BCUT2D eigenvalue weighted by molar-refractivity contribution is 5.80. The van der Waals surface area contributed by atoms with E-state index in [-0.39, 0.29) is 17.6 Å². The number of primary amides is 1. The van der Waals surface area contributed by atoms with Crippen LogP contribution in [-0.4, -0.2) is 35.7 Å². The molecule has 1 fully saturated rings. The van der Waals surface area contributed by atoms with Crippen molar-refractivity contribution in [2.45, 2.75) is 39.2 Å². The lowest BCUT2D eigenvalue weighted by Crippen LogP contribution is -2.47. The average Bonchev–Trinajstić information content (AvgIpc) is 2.20. The van der Waals surface area contributed by atoms with Crippen LogP contribution >= 0.6 is 0 Å². The molecule has 0 radical (unpaired) electrons. The van der Waals surface area contributed by atoms with Gasteiger partial charge in [-0.2, -0.15) is 0 Å². The van der Waals surface area contributed by atoms with Gasteiger partial charge >= 0.3 is 0 Å². The number of nitrogens with zero attached hydrogens (tertiary/aromatic N) is 1. The summed E-state index contributed by atoms with van der Waals surface area (Å²) in [6, 6.07) is 0.385. The number of amides is 1. The van der Waals surface area contributed by atoms with Gasteiger partial charge in [0.25, 0.3) is 0 Å². The molecule has 2 N–H and O–H groups in total. The first-order valence-electron chi connectivity index (χ1n) is 5.59. The first kappa shape index (κ1) is 12.2. The lowest BCUT2D eigenvalue weighted by Gasteiger charge is -2.36. The molecule has 0 spiro atoms. The minimum atomic E-state index is -0.240. The van der Waals surface area contributed by atoms with Gasteiger partial charge in [0, 0.05) is 19.0 Å². The zero-order chi connectivity index (χ0) is 11.4. The molecule has 1 heterocycles. The molecule has 0 aromatic carbocycles. The molecule has 1 rings (SSSR count). The van der Waals surface area contributed by atoms with E-state index in [1.807, 2.05) is 6.92 Å². The molecule has 0 aromatic heterocycles. The van der Waals surface area contributed by atoms with Crippen molar-refractivity contribution in [1.29, 1.82) is 0 Å². The summed E-state index contributed by atoms with van der Waals surface area (Å²) in [5, 5.41) is 0. The molecule has 1 aliphatic heterocycles. The minimum absolute atomic E-state index is 0.0779. The summed E-state index contributed by atoms with van der Waals surface area (Å²) < 4.78 is 0. The van der Waals surface area contributed by atoms with Crippen LogP contribution < -0.4 is 5.73 Å². The van der Waals surface area contributed by atoms with Crippen molar-refractivity contribution in [2.24, 2.45) is 11.7 Å². The van der Waals surface area contributed by atoms with Crippen molar-refractivity contribution in [3.63, 3.8) is 0 Å². The van der Waals surface area contributed by atoms with Gasteiger partial charge in [0.1, 0.15) is 5.78 Å². The van der Waals surface area contributed by atoms with Crippen molar-refractivity contribution >= 4 is 11.7 Å². The Morgan fingerprint density at radius 3 is 2.60 bits per heavy atom. The molecular weight excluding hydrogens is 192 g/mol. The number of hydrogen-bond acceptors (Lipinski definition) is 3. The second-order valence-electron chi connectivity index (χ2n) is 4.35. The van der Waals surface area contributed by atoms with Crippen LogP contribution in [0, 0.1) is 5.92 Å². The van der Waals surface area contributed by atoms with E-state index >= 15 is 0 Å². The zero-order valence-corrected chi connectivity index (χ0v) is 9.53. The Labute approximate surface area is 90.8 Å². The number of rotatable bonds is 4. The maximum atomic E-state index is 11.3. The van der Waals surface area contributed by atoms with Crippen molar-refractivity contribution in [3.8, 4) is 0 Å². The molecule has 0 aliphatic carbocycles. The Hall–Kier alpha value is -0.900. The third kappa shape index (κ3) is 3.30. The van der Waals surface area contributed by atoms with Gasteiger partial charge < -0.3 is 5.73 Å². The van der Waals surface area contributed by atoms with Crippen LogP contribution in [0.2, 0.25) is 0 Å². The summed E-state index contributed by atoms with van der Waals surface area (Å²) in [5.41, 5.74) is 5.29. The van der Waals surface area contributed by atoms with E-state index in [1.165, 1.54) is 0 Å². The number of piperidine rings is 1. The number of carbonyl (C=O) groups is 2. The summed E-state index contributed by atoms with van der Waals surface area (Å²) >= 11 is 0. The SMILES string of the molecule is CCC(=O)CN1CC(C(N)=O)CCC1C. The van der Waals surface area contributed by atoms with E-state index in [1.54, 1.807) is 0 Å². The lowest BCUT2D eigenvalue weighted by atomic mass is 9.92. The zero-order valence-electron chi connectivity index (χ0n) is 9.53. The highest BCUT2D eigenvalue weighted by Gasteiger charge is 2.29. The van der Waals surface area contributed by atoms with Gasteiger partial charge in [-0.3, -0.25) is 14.5 Å². The molecule has 2 atom stereocenters. The lowest BCUT2D eigenvalue weighted by molar-refractivity contribution is -0.126. The largest absolute Gasteiger partial charge is 0.369 e. The van der Waals surface area contributed by atoms with E-state index in [0.29, 0.717) is 25.6 Å². The van der Waals surface area contributed by atoms with Gasteiger partial charge in [-0.05, 0) is 19.8 Å². The molecule has 2 unspecified atom stereocenters. The normalized spacial score (nSPS) is 27.6. The van der Waals surface area contributed by atoms with Crippen molar-refractivity contribution < 1.29 is 9.59 Å². The first-order chi connectivity index (χ1) is 7.04. The van der Waals surface area contributed by atoms with E-state index in [0.717, 1.165) is 12.8 Å². The Balaban J connectivity index is 2.53. The molecule has 1 amide bonds. The fourth-order valence-corrected chi connectivity index (χ4v) is 1.97. The minimum Gasteiger partial charge on any atom is -0.369 e. The molecule has 86 valence electrons. The number of Topliss-reactive ketones (excluding diaryl/α,β-unsaturated/α-hetero) is 1. The molecule has 15 heavy (non-hydrogen) atoms. The number of carbonyl (C=O) groups excluding carboxylic acids is 2. The van der Waals surface area contributed by atoms with Crippen molar-refractivity contribution in [2.75, 3.05) is 13.1 Å². The summed E-state index contributed by atoms with van der Waals surface area (Å²) in [6.07, 6.45) is 2.36. The molecule has 4 heteroatoms. The summed E-state index contributed by atoms with van der Waals surface area (Å²) in [5.74, 6) is -0.0892. The molecule has 4 nitrogen and oxygen atoms in total. The monoisotopic (exact) mass is 212 g/mol. The maximum absolute atomic E-state index is 11.3. The number of ketones is 1. The van der Waals surface area contributed by atoms with Crippen LogP contribution in [0.5, 0.6) is 0 Å². The second-order valence-corrected chi connectivity index (χ2v) is 4.35. The highest BCUT2D eigenvalue weighted by atomic mass is 16.1. The van der Waals surface area contributed by atoms with Gasteiger partial charge in [-0.25, -0.2) is 0 Å². The molecule has 1 saturated heterocycles. The van der Waals surface area contributed by atoms with E-state index in [2.05, 4.69) is 11.8 Å². The molecule has 0 aromatic rings. The third-order valence-electron chi connectivity index (χ3n) is 3.19. The molecule has 0 saturated carbocycles. The van der Waals surface area contributed by atoms with Crippen LogP contribution in [0.25, 0.3) is 0 Å². The maximum Gasteiger partial charge on any atom is 0.221 e. The number of nitrogens with two attached hydrogens (primary N) is 1. The van der Waals surface area contributed by atoms with Crippen LogP contribution in [0.1, 0.15) is 33.1 Å². The first-order valence-corrected chi connectivity index (χ1v) is 5.59. The van der Waals surface area contributed by atoms with E-state index < -0.39 is 0 Å². The summed E-state index contributed by atoms with van der Waals surface area (Å²) in [7, 11) is 0.